The van der Waals surface area contributed by atoms with Crippen molar-refractivity contribution in [3.05, 3.63) is 82.4 Å². The first-order valence-corrected chi connectivity index (χ1v) is 8.72. The second kappa shape index (κ2) is 6.54. The van der Waals surface area contributed by atoms with Crippen LogP contribution in [0.2, 0.25) is 5.02 Å². The molecule has 0 saturated heterocycles. The number of hydrogen-bond donors (Lipinski definition) is 0. The molecule has 2 heterocycles. The van der Waals surface area contributed by atoms with Gasteiger partial charge in [-0.05, 0) is 66.9 Å². The van der Waals surface area contributed by atoms with E-state index in [1.54, 1.807) is 24.5 Å². The van der Waals surface area contributed by atoms with Crippen LogP contribution in [0, 0.1) is 19.7 Å². The van der Waals surface area contributed by atoms with Gasteiger partial charge in [0.25, 0.3) is 0 Å². The first kappa shape index (κ1) is 16.7. The summed E-state index contributed by atoms with van der Waals surface area (Å²) < 4.78 is 15.7. The van der Waals surface area contributed by atoms with E-state index in [9.17, 15) is 4.39 Å². The summed E-state index contributed by atoms with van der Waals surface area (Å²) in [6, 6.07) is 12.9. The number of rotatable bonds is 3. The van der Waals surface area contributed by atoms with Crippen molar-refractivity contribution >= 4 is 22.6 Å². The molecule has 0 bridgehead atoms. The van der Waals surface area contributed by atoms with Gasteiger partial charge in [-0.25, -0.2) is 9.37 Å². The van der Waals surface area contributed by atoms with Crippen LogP contribution in [0.4, 0.5) is 4.39 Å². The van der Waals surface area contributed by atoms with Crippen molar-refractivity contribution in [1.82, 2.24) is 14.5 Å². The number of nitrogens with zero attached hydrogens (tertiary/aromatic N) is 3. The lowest BCUT2D eigenvalue weighted by atomic mass is 10.1. The third-order valence-corrected chi connectivity index (χ3v) is 4.92. The van der Waals surface area contributed by atoms with E-state index in [1.165, 1.54) is 17.2 Å². The molecule has 0 aliphatic carbocycles. The van der Waals surface area contributed by atoms with Crippen LogP contribution in [0.3, 0.4) is 0 Å². The van der Waals surface area contributed by atoms with Crippen molar-refractivity contribution in [2.45, 2.75) is 20.4 Å². The molecule has 4 rings (SSSR count). The van der Waals surface area contributed by atoms with Crippen LogP contribution in [-0.2, 0) is 6.54 Å². The van der Waals surface area contributed by atoms with Crippen molar-refractivity contribution in [3.63, 3.8) is 0 Å². The molecule has 0 fully saturated rings. The van der Waals surface area contributed by atoms with Crippen LogP contribution in [0.5, 0.6) is 0 Å². The number of hydrogen-bond acceptors (Lipinski definition) is 2. The average Bonchev–Trinajstić information content (AvgIpc) is 2.97. The number of imidazole rings is 1. The van der Waals surface area contributed by atoms with Gasteiger partial charge in [0.1, 0.15) is 11.6 Å². The van der Waals surface area contributed by atoms with E-state index in [1.807, 2.05) is 12.1 Å². The van der Waals surface area contributed by atoms with Crippen LogP contribution >= 0.6 is 11.6 Å². The Bertz CT molecular complexity index is 1100. The molecule has 26 heavy (non-hydrogen) atoms. The molecule has 0 amide bonds. The molecule has 0 radical (unpaired) electrons. The van der Waals surface area contributed by atoms with Gasteiger partial charge < -0.3 is 4.57 Å². The van der Waals surface area contributed by atoms with E-state index in [2.05, 4.69) is 35.5 Å². The van der Waals surface area contributed by atoms with Crippen molar-refractivity contribution in [2.75, 3.05) is 0 Å². The summed E-state index contributed by atoms with van der Waals surface area (Å²) in [6.07, 6.45) is 3.51. The van der Waals surface area contributed by atoms with E-state index in [4.69, 9.17) is 16.6 Å². The Kier molecular flexibility index (Phi) is 4.21. The Morgan fingerprint density at radius 1 is 1.00 bits per heavy atom. The van der Waals surface area contributed by atoms with Crippen LogP contribution < -0.4 is 0 Å². The third kappa shape index (κ3) is 2.97. The van der Waals surface area contributed by atoms with Crippen LogP contribution in [0.1, 0.15) is 16.7 Å². The summed E-state index contributed by atoms with van der Waals surface area (Å²) in [7, 11) is 0. The van der Waals surface area contributed by atoms with E-state index in [-0.39, 0.29) is 5.02 Å². The SMILES string of the molecule is Cc1cc2nc(-c3ccncc3)n(Cc3ccc(F)c(Cl)c3)c2cc1C. The number of aryl methyl sites for hydroxylation is 2. The Morgan fingerprint density at radius 3 is 2.46 bits per heavy atom. The first-order valence-electron chi connectivity index (χ1n) is 8.35. The minimum absolute atomic E-state index is 0.129. The predicted octanol–water partition coefficient (Wildman–Crippen LogP) is 5.56. The Balaban J connectivity index is 1.92. The van der Waals surface area contributed by atoms with Gasteiger partial charge in [-0.2, -0.15) is 0 Å². The van der Waals surface area contributed by atoms with Crippen LogP contribution in [0.25, 0.3) is 22.4 Å². The van der Waals surface area contributed by atoms with Gasteiger partial charge in [-0.1, -0.05) is 17.7 Å². The topological polar surface area (TPSA) is 30.7 Å². The normalized spacial score (nSPS) is 11.2. The Labute approximate surface area is 156 Å². The molecule has 0 aliphatic rings. The van der Waals surface area contributed by atoms with Crippen molar-refractivity contribution in [3.8, 4) is 11.4 Å². The smallest absolute Gasteiger partial charge is 0.141 e. The fourth-order valence-corrected chi connectivity index (χ4v) is 3.29. The fourth-order valence-electron chi connectivity index (χ4n) is 3.08. The van der Waals surface area contributed by atoms with E-state index in [0.29, 0.717) is 6.54 Å². The molecule has 0 atom stereocenters. The van der Waals surface area contributed by atoms with Gasteiger partial charge in [0.05, 0.1) is 16.1 Å². The maximum Gasteiger partial charge on any atom is 0.141 e. The zero-order valence-corrected chi connectivity index (χ0v) is 15.3. The lowest BCUT2D eigenvalue weighted by Gasteiger charge is -2.11. The third-order valence-electron chi connectivity index (χ3n) is 4.63. The molecular weight excluding hydrogens is 349 g/mol. The predicted molar refractivity (Wildman–Crippen MR) is 103 cm³/mol. The van der Waals surface area contributed by atoms with Crippen LogP contribution in [0.15, 0.2) is 54.9 Å². The van der Waals surface area contributed by atoms with Crippen molar-refractivity contribution in [2.24, 2.45) is 0 Å². The molecule has 0 aliphatic heterocycles. The lowest BCUT2D eigenvalue weighted by molar-refractivity contribution is 0.627. The minimum Gasteiger partial charge on any atom is -0.319 e. The first-order chi connectivity index (χ1) is 12.5. The second-order valence-corrected chi connectivity index (χ2v) is 6.84. The monoisotopic (exact) mass is 365 g/mol. The molecule has 2 aromatic carbocycles. The van der Waals surface area contributed by atoms with Gasteiger partial charge in [0, 0.05) is 24.5 Å². The van der Waals surface area contributed by atoms with Crippen LogP contribution in [-0.4, -0.2) is 14.5 Å². The number of fused-ring (bicyclic) bond motifs is 1. The van der Waals surface area contributed by atoms with Gasteiger partial charge in [-0.15, -0.1) is 0 Å². The van der Waals surface area contributed by atoms with Gasteiger partial charge >= 0.3 is 0 Å². The summed E-state index contributed by atoms with van der Waals surface area (Å²) in [5, 5.41) is 0.129. The fraction of sp³-hybridized carbons (Fsp3) is 0.143. The number of halogens is 2. The molecule has 0 unspecified atom stereocenters. The average molecular weight is 366 g/mol. The highest BCUT2D eigenvalue weighted by Gasteiger charge is 2.15. The maximum atomic E-state index is 13.5. The zero-order valence-electron chi connectivity index (χ0n) is 14.5. The summed E-state index contributed by atoms with van der Waals surface area (Å²) in [5.41, 5.74) is 6.29. The van der Waals surface area contributed by atoms with Crippen molar-refractivity contribution < 1.29 is 4.39 Å². The molecule has 3 nitrogen and oxygen atoms in total. The number of pyridine rings is 1. The van der Waals surface area contributed by atoms with Gasteiger partial charge in [0.2, 0.25) is 0 Å². The van der Waals surface area contributed by atoms with Gasteiger partial charge in [0.15, 0.2) is 0 Å². The van der Waals surface area contributed by atoms with Crippen molar-refractivity contribution in [1.29, 1.82) is 0 Å². The highest BCUT2D eigenvalue weighted by Crippen LogP contribution is 2.28. The molecule has 0 saturated carbocycles. The van der Waals surface area contributed by atoms with E-state index < -0.39 is 5.82 Å². The minimum atomic E-state index is -0.410. The lowest BCUT2D eigenvalue weighted by Crippen LogP contribution is -2.03. The van der Waals surface area contributed by atoms with E-state index >= 15 is 0 Å². The zero-order chi connectivity index (χ0) is 18.3. The highest BCUT2D eigenvalue weighted by atomic mass is 35.5. The Morgan fingerprint density at radius 2 is 1.73 bits per heavy atom. The molecule has 0 spiro atoms. The molecule has 0 N–H and O–H groups in total. The number of benzene rings is 2. The number of aromatic nitrogens is 3. The molecule has 4 aromatic rings. The molecule has 5 heteroatoms. The van der Waals surface area contributed by atoms with Gasteiger partial charge in [-0.3, -0.25) is 4.98 Å². The maximum absolute atomic E-state index is 13.5. The van der Waals surface area contributed by atoms with E-state index in [0.717, 1.165) is 28.0 Å². The largest absolute Gasteiger partial charge is 0.319 e. The Hall–Kier alpha value is -2.72. The summed E-state index contributed by atoms with van der Waals surface area (Å²) >= 11 is 5.97. The molecule has 2 aromatic heterocycles. The molecule has 130 valence electrons. The molecular formula is C21H17ClFN3. The summed E-state index contributed by atoms with van der Waals surface area (Å²) in [5.74, 6) is 0.444. The summed E-state index contributed by atoms with van der Waals surface area (Å²) in [4.78, 5) is 8.94. The quantitative estimate of drug-likeness (QED) is 0.476. The summed E-state index contributed by atoms with van der Waals surface area (Å²) in [6.45, 7) is 4.73. The highest BCUT2D eigenvalue weighted by molar-refractivity contribution is 6.30. The standard InChI is InChI=1S/C21H17ClFN3/c1-13-9-19-20(10-14(13)2)26(12-15-3-4-18(23)17(22)11-15)21(25-19)16-5-7-24-8-6-16/h3-11H,12H2,1-2H3. The second-order valence-electron chi connectivity index (χ2n) is 6.43.